The van der Waals surface area contributed by atoms with Gasteiger partial charge in [0.15, 0.2) is 0 Å². The third-order valence-electron chi connectivity index (χ3n) is 1.33. The van der Waals surface area contributed by atoms with Crippen LogP contribution in [-0.2, 0) is 13.6 Å². The van der Waals surface area contributed by atoms with Gasteiger partial charge in [-0.15, -0.1) is 9.05 Å². The molecule has 2 unspecified atom stereocenters. The first-order valence-corrected chi connectivity index (χ1v) is 4.19. The van der Waals surface area contributed by atoms with E-state index in [0.717, 1.165) is 12.8 Å². The van der Waals surface area contributed by atoms with Crippen LogP contribution in [0, 0.1) is 0 Å². The first kappa shape index (κ1) is 7.13. The highest BCUT2D eigenvalue weighted by molar-refractivity contribution is 7.33. The van der Waals surface area contributed by atoms with Crippen LogP contribution < -0.4 is 0 Å². The van der Waals surface area contributed by atoms with Crippen LogP contribution in [0.3, 0.4) is 0 Å². The highest BCUT2D eigenvalue weighted by atomic mass is 31.1. The normalized spacial score (nSPS) is 32.6. The van der Waals surface area contributed by atoms with Gasteiger partial charge in [0.05, 0.1) is 0 Å². The maximum atomic E-state index is 10.5. The molecule has 0 aromatic carbocycles. The van der Waals surface area contributed by atoms with Crippen molar-refractivity contribution in [3.05, 3.63) is 0 Å². The Labute approximate surface area is 55.3 Å². The second-order valence-electron chi connectivity index (χ2n) is 1.98. The van der Waals surface area contributed by atoms with Crippen molar-refractivity contribution in [3.8, 4) is 0 Å². The minimum Gasteiger partial charge on any atom is -0.119 e. The van der Waals surface area contributed by atoms with Crippen molar-refractivity contribution in [3.63, 3.8) is 0 Å². The van der Waals surface area contributed by atoms with Crippen LogP contribution in [0.4, 0.5) is 0 Å². The van der Waals surface area contributed by atoms with Gasteiger partial charge in [-0.05, 0) is 6.42 Å². The summed E-state index contributed by atoms with van der Waals surface area (Å²) >= 11 is 0. The molecule has 0 aliphatic carbocycles. The summed E-state index contributed by atoms with van der Waals surface area (Å²) < 4.78 is 20.2. The zero-order valence-electron chi connectivity index (χ0n) is 5.37. The van der Waals surface area contributed by atoms with E-state index in [0.29, 0.717) is 6.61 Å². The van der Waals surface area contributed by atoms with Crippen LogP contribution in [0.1, 0.15) is 19.8 Å². The topological polar surface area (TPSA) is 35.5 Å². The summed E-state index contributed by atoms with van der Waals surface area (Å²) in [5, 5.41) is 0. The van der Waals surface area contributed by atoms with E-state index in [4.69, 9.17) is 9.05 Å². The van der Waals surface area contributed by atoms with Crippen LogP contribution >= 0.6 is 8.25 Å². The van der Waals surface area contributed by atoms with Crippen LogP contribution in [0.25, 0.3) is 0 Å². The number of hydrogen-bond acceptors (Lipinski definition) is 3. The lowest BCUT2D eigenvalue weighted by Gasteiger charge is -2.08. The van der Waals surface area contributed by atoms with Crippen LogP contribution in [0.2, 0.25) is 0 Å². The predicted octanol–water partition coefficient (Wildman–Crippen LogP) is 1.86. The average molecular weight is 149 g/mol. The van der Waals surface area contributed by atoms with E-state index in [1.54, 1.807) is 0 Å². The quantitative estimate of drug-likeness (QED) is 0.534. The van der Waals surface area contributed by atoms with Crippen molar-refractivity contribution in [2.24, 2.45) is 0 Å². The summed E-state index contributed by atoms with van der Waals surface area (Å²) in [5.41, 5.74) is 0. The fraction of sp³-hybridized carbons (Fsp3) is 1.00. The van der Waals surface area contributed by atoms with Crippen molar-refractivity contribution < 1.29 is 13.6 Å². The SMILES string of the molecule is CCC1CCO[P+](=O)O1. The molecular formula is C5H10O3P+. The van der Waals surface area contributed by atoms with E-state index < -0.39 is 8.25 Å². The number of rotatable bonds is 1. The lowest BCUT2D eigenvalue weighted by molar-refractivity contribution is 0.0942. The van der Waals surface area contributed by atoms with Gasteiger partial charge in [0.25, 0.3) is 0 Å². The molecule has 9 heavy (non-hydrogen) atoms. The molecule has 0 amide bonds. The highest BCUT2D eigenvalue weighted by Gasteiger charge is 2.31. The fourth-order valence-corrected chi connectivity index (χ4v) is 1.56. The molecule has 4 heteroatoms. The Hall–Kier alpha value is 0.0200. The van der Waals surface area contributed by atoms with Crippen LogP contribution in [0.5, 0.6) is 0 Å². The van der Waals surface area contributed by atoms with Gasteiger partial charge in [-0.25, -0.2) is 0 Å². The molecule has 0 N–H and O–H groups in total. The Bertz CT molecular complexity index is 115. The van der Waals surface area contributed by atoms with Crippen molar-refractivity contribution in [1.82, 2.24) is 0 Å². The van der Waals surface area contributed by atoms with Crippen molar-refractivity contribution in [1.29, 1.82) is 0 Å². The Morgan fingerprint density at radius 3 is 3.00 bits per heavy atom. The maximum Gasteiger partial charge on any atom is 0.697 e. The molecule has 0 saturated carbocycles. The van der Waals surface area contributed by atoms with Gasteiger partial charge in [0.2, 0.25) is 0 Å². The summed E-state index contributed by atoms with van der Waals surface area (Å²) in [5.74, 6) is 0. The molecule has 0 spiro atoms. The zero-order chi connectivity index (χ0) is 6.69. The molecule has 1 aliphatic rings. The van der Waals surface area contributed by atoms with Gasteiger partial charge in [-0.2, -0.15) is 0 Å². The van der Waals surface area contributed by atoms with Crippen molar-refractivity contribution in [2.75, 3.05) is 6.61 Å². The van der Waals surface area contributed by atoms with Gasteiger partial charge in [-0.3, -0.25) is 0 Å². The summed E-state index contributed by atoms with van der Waals surface area (Å²) in [4.78, 5) is 0. The fourth-order valence-electron chi connectivity index (χ4n) is 0.742. The molecule has 0 radical (unpaired) electrons. The minimum absolute atomic E-state index is 0.155. The lowest BCUT2D eigenvalue weighted by Crippen LogP contribution is -2.15. The predicted molar refractivity (Wildman–Crippen MR) is 33.3 cm³/mol. The Morgan fingerprint density at radius 1 is 1.78 bits per heavy atom. The molecule has 1 saturated heterocycles. The Kier molecular flexibility index (Phi) is 2.58. The van der Waals surface area contributed by atoms with Gasteiger partial charge < -0.3 is 0 Å². The third kappa shape index (κ3) is 2.01. The first-order valence-electron chi connectivity index (χ1n) is 3.10. The van der Waals surface area contributed by atoms with Crippen molar-refractivity contribution in [2.45, 2.75) is 25.9 Å². The minimum atomic E-state index is -1.79. The smallest absolute Gasteiger partial charge is 0.119 e. The summed E-state index contributed by atoms with van der Waals surface area (Å²) in [7, 11) is -1.79. The molecule has 1 rings (SSSR count). The van der Waals surface area contributed by atoms with E-state index in [1.807, 2.05) is 6.92 Å². The molecule has 52 valence electrons. The summed E-state index contributed by atoms with van der Waals surface area (Å²) in [6.45, 7) is 2.59. The molecule has 0 aromatic heterocycles. The summed E-state index contributed by atoms with van der Waals surface area (Å²) in [6, 6.07) is 0. The maximum absolute atomic E-state index is 10.5. The van der Waals surface area contributed by atoms with Gasteiger partial charge in [0.1, 0.15) is 12.7 Å². The van der Waals surface area contributed by atoms with Gasteiger partial charge in [0, 0.05) is 11.0 Å². The molecule has 3 nitrogen and oxygen atoms in total. The van der Waals surface area contributed by atoms with Gasteiger partial charge in [-0.1, -0.05) is 6.92 Å². The monoisotopic (exact) mass is 149 g/mol. The Morgan fingerprint density at radius 2 is 2.56 bits per heavy atom. The molecule has 1 aliphatic heterocycles. The Balaban J connectivity index is 2.32. The van der Waals surface area contributed by atoms with Crippen LogP contribution in [-0.4, -0.2) is 12.7 Å². The zero-order valence-corrected chi connectivity index (χ0v) is 6.27. The lowest BCUT2D eigenvalue weighted by atomic mass is 10.2. The molecule has 0 bridgehead atoms. The van der Waals surface area contributed by atoms with Crippen molar-refractivity contribution >= 4 is 8.25 Å². The molecule has 0 aromatic rings. The second kappa shape index (κ2) is 3.25. The van der Waals surface area contributed by atoms with E-state index in [2.05, 4.69) is 0 Å². The summed E-state index contributed by atoms with van der Waals surface area (Å²) in [6.07, 6.45) is 1.95. The highest BCUT2D eigenvalue weighted by Crippen LogP contribution is 2.32. The van der Waals surface area contributed by atoms with E-state index in [1.165, 1.54) is 0 Å². The molecule has 1 heterocycles. The van der Waals surface area contributed by atoms with E-state index in [-0.39, 0.29) is 6.10 Å². The molecule has 1 fully saturated rings. The number of hydrogen-bond donors (Lipinski definition) is 0. The van der Waals surface area contributed by atoms with E-state index in [9.17, 15) is 4.57 Å². The third-order valence-corrected chi connectivity index (χ3v) is 2.19. The van der Waals surface area contributed by atoms with Gasteiger partial charge >= 0.3 is 8.25 Å². The first-order chi connectivity index (χ1) is 4.33. The largest absolute Gasteiger partial charge is 0.697 e. The molecule has 2 atom stereocenters. The second-order valence-corrected chi connectivity index (χ2v) is 2.90. The standard InChI is InChI=1S/C5H10O3P/c1-2-5-3-4-7-9(6)8-5/h5H,2-4H2,1H3/q+1. The molecular weight excluding hydrogens is 139 g/mol. The van der Waals surface area contributed by atoms with E-state index >= 15 is 0 Å². The average Bonchev–Trinajstić information content (AvgIpc) is 1.88. The van der Waals surface area contributed by atoms with Crippen LogP contribution in [0.15, 0.2) is 0 Å².